The van der Waals surface area contributed by atoms with Crippen LogP contribution in [0.25, 0.3) is 0 Å². The zero-order chi connectivity index (χ0) is 13.5. The predicted octanol–water partition coefficient (Wildman–Crippen LogP) is 1.80. The lowest BCUT2D eigenvalue weighted by atomic mass is 10.1. The molecule has 1 saturated heterocycles. The molecule has 1 atom stereocenters. The zero-order valence-electron chi connectivity index (χ0n) is 11.3. The molecule has 4 heteroatoms. The minimum atomic E-state index is 0.0428. The van der Waals surface area contributed by atoms with Crippen molar-refractivity contribution in [2.75, 3.05) is 19.7 Å². The largest absolute Gasteiger partial charge is 0.484 e. The quantitative estimate of drug-likeness (QED) is 0.900. The number of benzene rings is 1. The third-order valence-corrected chi connectivity index (χ3v) is 3.58. The van der Waals surface area contributed by atoms with E-state index in [2.05, 4.69) is 0 Å². The van der Waals surface area contributed by atoms with E-state index in [9.17, 15) is 4.79 Å². The fraction of sp³-hybridized carbons (Fsp3) is 0.533. The average Bonchev–Trinajstić information content (AvgIpc) is 2.71. The molecule has 1 aliphatic heterocycles. The summed E-state index contributed by atoms with van der Waals surface area (Å²) in [6, 6.07) is 9.61. The average molecular weight is 262 g/mol. The number of ether oxygens (including phenoxy) is 1. The molecule has 1 unspecified atom stereocenters. The van der Waals surface area contributed by atoms with E-state index < -0.39 is 0 Å². The van der Waals surface area contributed by atoms with Crippen molar-refractivity contribution < 1.29 is 9.53 Å². The lowest BCUT2D eigenvalue weighted by Crippen LogP contribution is -2.46. The van der Waals surface area contributed by atoms with Crippen LogP contribution in [0.15, 0.2) is 30.3 Å². The highest BCUT2D eigenvalue weighted by atomic mass is 16.5. The number of hydrogen-bond acceptors (Lipinski definition) is 3. The standard InChI is InChI=1S/C15H22N2O2/c16-11-13-7-3-2-6-10-17(13)15(18)12-19-14-8-4-1-5-9-14/h1,4-5,8-9,13H,2-3,6-7,10-12,16H2. The van der Waals surface area contributed by atoms with Crippen molar-refractivity contribution >= 4 is 5.91 Å². The number of likely N-dealkylation sites (tertiary alicyclic amines) is 1. The number of para-hydroxylation sites is 1. The van der Waals surface area contributed by atoms with Crippen LogP contribution in [0.2, 0.25) is 0 Å². The van der Waals surface area contributed by atoms with Crippen LogP contribution in [0.3, 0.4) is 0 Å². The lowest BCUT2D eigenvalue weighted by Gasteiger charge is -2.29. The summed E-state index contributed by atoms with van der Waals surface area (Å²) in [6.07, 6.45) is 4.41. The van der Waals surface area contributed by atoms with Gasteiger partial charge in [0.2, 0.25) is 0 Å². The summed E-state index contributed by atoms with van der Waals surface area (Å²) in [7, 11) is 0. The number of nitrogens with zero attached hydrogens (tertiary/aromatic N) is 1. The van der Waals surface area contributed by atoms with Gasteiger partial charge in [0.05, 0.1) is 0 Å². The van der Waals surface area contributed by atoms with Crippen LogP contribution < -0.4 is 10.5 Å². The maximum absolute atomic E-state index is 12.2. The molecule has 0 radical (unpaired) electrons. The van der Waals surface area contributed by atoms with Crippen LogP contribution in [0, 0.1) is 0 Å². The van der Waals surface area contributed by atoms with Crippen molar-refractivity contribution in [3.63, 3.8) is 0 Å². The lowest BCUT2D eigenvalue weighted by molar-refractivity contribution is -0.135. The molecule has 0 bridgehead atoms. The Balaban J connectivity index is 1.90. The summed E-state index contributed by atoms with van der Waals surface area (Å²) in [4.78, 5) is 14.1. The van der Waals surface area contributed by atoms with Gasteiger partial charge in [0.15, 0.2) is 6.61 Å². The van der Waals surface area contributed by atoms with Gasteiger partial charge < -0.3 is 15.4 Å². The Labute approximate surface area is 114 Å². The molecular formula is C15H22N2O2. The van der Waals surface area contributed by atoms with Crippen molar-refractivity contribution in [3.05, 3.63) is 30.3 Å². The normalized spacial score (nSPS) is 19.8. The topological polar surface area (TPSA) is 55.6 Å². The molecule has 0 aliphatic carbocycles. The summed E-state index contributed by atoms with van der Waals surface area (Å²) >= 11 is 0. The number of carbonyl (C=O) groups is 1. The van der Waals surface area contributed by atoms with Gasteiger partial charge in [-0.25, -0.2) is 0 Å². The third-order valence-electron chi connectivity index (χ3n) is 3.58. The van der Waals surface area contributed by atoms with Gasteiger partial charge in [-0.15, -0.1) is 0 Å². The molecule has 2 N–H and O–H groups in total. The Bertz CT molecular complexity index is 394. The molecule has 0 saturated carbocycles. The molecule has 4 nitrogen and oxygen atoms in total. The summed E-state index contributed by atoms with van der Waals surface area (Å²) in [5.41, 5.74) is 5.77. The van der Waals surface area contributed by atoms with Gasteiger partial charge in [0, 0.05) is 19.1 Å². The highest BCUT2D eigenvalue weighted by Gasteiger charge is 2.24. The Morgan fingerprint density at radius 1 is 1.26 bits per heavy atom. The maximum Gasteiger partial charge on any atom is 0.260 e. The first-order valence-electron chi connectivity index (χ1n) is 6.98. The van der Waals surface area contributed by atoms with Crippen LogP contribution in [0.1, 0.15) is 25.7 Å². The molecule has 1 aliphatic rings. The molecule has 1 aromatic carbocycles. The van der Waals surface area contributed by atoms with Crippen LogP contribution in [-0.4, -0.2) is 36.5 Å². The van der Waals surface area contributed by atoms with Gasteiger partial charge in [-0.2, -0.15) is 0 Å². The first kappa shape index (κ1) is 13.9. The summed E-state index contributed by atoms with van der Waals surface area (Å²) in [5.74, 6) is 0.774. The Morgan fingerprint density at radius 3 is 2.79 bits per heavy atom. The summed E-state index contributed by atoms with van der Waals surface area (Å²) < 4.78 is 5.52. The van der Waals surface area contributed by atoms with Crippen molar-refractivity contribution in [1.29, 1.82) is 0 Å². The van der Waals surface area contributed by atoms with Crippen molar-refractivity contribution in [2.24, 2.45) is 5.73 Å². The van der Waals surface area contributed by atoms with E-state index in [1.54, 1.807) is 0 Å². The van der Waals surface area contributed by atoms with Gasteiger partial charge in [0.25, 0.3) is 5.91 Å². The van der Waals surface area contributed by atoms with Crippen molar-refractivity contribution in [1.82, 2.24) is 4.90 Å². The number of carbonyl (C=O) groups excluding carboxylic acids is 1. The fourth-order valence-corrected chi connectivity index (χ4v) is 2.50. The smallest absolute Gasteiger partial charge is 0.260 e. The third kappa shape index (κ3) is 3.96. The highest BCUT2D eigenvalue weighted by molar-refractivity contribution is 5.78. The van der Waals surface area contributed by atoms with E-state index in [1.165, 1.54) is 6.42 Å². The summed E-state index contributed by atoms with van der Waals surface area (Å²) in [6.45, 7) is 1.44. The highest BCUT2D eigenvalue weighted by Crippen LogP contribution is 2.17. The molecule has 1 fully saturated rings. The van der Waals surface area contributed by atoms with Gasteiger partial charge in [-0.1, -0.05) is 31.0 Å². The second-order valence-electron chi connectivity index (χ2n) is 4.93. The molecule has 19 heavy (non-hydrogen) atoms. The molecule has 0 spiro atoms. The van der Waals surface area contributed by atoms with Crippen molar-refractivity contribution in [3.8, 4) is 5.75 Å². The van der Waals surface area contributed by atoms with E-state index in [1.807, 2.05) is 35.2 Å². The monoisotopic (exact) mass is 262 g/mol. The number of amides is 1. The second-order valence-corrected chi connectivity index (χ2v) is 4.93. The molecule has 1 amide bonds. The van der Waals surface area contributed by atoms with Crippen molar-refractivity contribution in [2.45, 2.75) is 31.7 Å². The van der Waals surface area contributed by atoms with Gasteiger partial charge in [-0.05, 0) is 25.0 Å². The first-order chi connectivity index (χ1) is 9.31. The minimum Gasteiger partial charge on any atom is -0.484 e. The summed E-state index contributed by atoms with van der Waals surface area (Å²) in [5, 5.41) is 0. The predicted molar refractivity (Wildman–Crippen MR) is 75.0 cm³/mol. The SMILES string of the molecule is NCC1CCCCCN1C(=O)COc1ccccc1. The van der Waals surface area contributed by atoms with Crippen LogP contribution >= 0.6 is 0 Å². The van der Waals surface area contributed by atoms with E-state index in [-0.39, 0.29) is 18.6 Å². The molecule has 1 heterocycles. The Hall–Kier alpha value is -1.55. The number of rotatable bonds is 4. The molecule has 1 aromatic rings. The first-order valence-corrected chi connectivity index (χ1v) is 6.98. The van der Waals surface area contributed by atoms with E-state index >= 15 is 0 Å². The molecule has 2 rings (SSSR count). The number of hydrogen-bond donors (Lipinski definition) is 1. The van der Waals surface area contributed by atoms with Crippen LogP contribution in [-0.2, 0) is 4.79 Å². The zero-order valence-corrected chi connectivity index (χ0v) is 11.3. The minimum absolute atomic E-state index is 0.0428. The van der Waals surface area contributed by atoms with E-state index in [0.29, 0.717) is 6.54 Å². The second kappa shape index (κ2) is 7.14. The number of nitrogens with two attached hydrogens (primary N) is 1. The Kier molecular flexibility index (Phi) is 5.21. The van der Waals surface area contributed by atoms with E-state index in [4.69, 9.17) is 10.5 Å². The van der Waals surface area contributed by atoms with Gasteiger partial charge in [0.1, 0.15) is 5.75 Å². The van der Waals surface area contributed by atoms with Gasteiger partial charge in [-0.3, -0.25) is 4.79 Å². The molecule has 104 valence electrons. The molecule has 0 aromatic heterocycles. The van der Waals surface area contributed by atoms with Crippen LogP contribution in [0.4, 0.5) is 0 Å². The maximum atomic E-state index is 12.2. The van der Waals surface area contributed by atoms with Gasteiger partial charge >= 0.3 is 0 Å². The van der Waals surface area contributed by atoms with E-state index in [0.717, 1.165) is 31.6 Å². The fourth-order valence-electron chi connectivity index (χ4n) is 2.50. The Morgan fingerprint density at radius 2 is 2.05 bits per heavy atom. The van der Waals surface area contributed by atoms with Crippen LogP contribution in [0.5, 0.6) is 5.75 Å². The molecular weight excluding hydrogens is 240 g/mol.